The topological polar surface area (TPSA) is 25.2 Å². The number of nitrogens with one attached hydrogen (secondary N) is 1. The first-order valence-corrected chi connectivity index (χ1v) is 6.29. The summed E-state index contributed by atoms with van der Waals surface area (Å²) in [7, 11) is 0. The first-order chi connectivity index (χ1) is 8.72. The first-order valence-electron chi connectivity index (χ1n) is 5.92. The van der Waals surface area contributed by atoms with Crippen molar-refractivity contribution in [3.8, 4) is 0 Å². The molecular weight excluding hydrogens is 253 g/mol. The van der Waals surface area contributed by atoms with Gasteiger partial charge >= 0.3 is 0 Å². The highest BCUT2D eigenvalue weighted by Crippen LogP contribution is 2.28. The molecule has 0 saturated heterocycles. The Morgan fingerprint density at radius 3 is 2.78 bits per heavy atom. The number of hydrogen-bond acceptors (Lipinski definition) is 2. The monoisotopic (exact) mass is 267 g/mol. The molecule has 0 spiro atoms. The zero-order valence-electron chi connectivity index (χ0n) is 10.1. The van der Waals surface area contributed by atoms with E-state index in [9.17, 15) is 4.39 Å². The summed E-state index contributed by atoms with van der Waals surface area (Å²) in [6, 6.07) is 8.24. The van der Waals surface area contributed by atoms with Gasteiger partial charge in [-0.05, 0) is 30.8 Å². The minimum atomic E-state index is -0.292. The fourth-order valence-electron chi connectivity index (χ4n) is 2.00. The van der Waals surface area contributed by atoms with Crippen LogP contribution in [0.3, 0.4) is 0 Å². The van der Waals surface area contributed by atoms with E-state index in [-0.39, 0.29) is 11.9 Å². The van der Waals surface area contributed by atoms with Crippen LogP contribution in [0.15, 0.2) is 41.0 Å². The molecule has 1 heterocycles. The van der Waals surface area contributed by atoms with E-state index < -0.39 is 0 Å². The lowest BCUT2D eigenvalue weighted by Gasteiger charge is -2.19. The average Bonchev–Trinajstić information content (AvgIpc) is 2.82. The van der Waals surface area contributed by atoms with Crippen molar-refractivity contribution >= 4 is 11.6 Å². The highest BCUT2D eigenvalue weighted by molar-refractivity contribution is 6.31. The van der Waals surface area contributed by atoms with Gasteiger partial charge in [0.1, 0.15) is 11.6 Å². The lowest BCUT2D eigenvalue weighted by molar-refractivity contribution is 0.444. The Hall–Kier alpha value is -1.32. The van der Waals surface area contributed by atoms with Crippen LogP contribution in [-0.4, -0.2) is 6.54 Å². The maximum absolute atomic E-state index is 13.9. The molecule has 1 N–H and O–H groups in total. The van der Waals surface area contributed by atoms with Gasteiger partial charge in [-0.25, -0.2) is 4.39 Å². The molecule has 1 aromatic heterocycles. The molecule has 0 bridgehead atoms. The zero-order chi connectivity index (χ0) is 13.0. The molecule has 2 nitrogen and oxygen atoms in total. The van der Waals surface area contributed by atoms with Gasteiger partial charge in [0.2, 0.25) is 0 Å². The van der Waals surface area contributed by atoms with Gasteiger partial charge in [0, 0.05) is 23.0 Å². The van der Waals surface area contributed by atoms with Crippen LogP contribution in [0.2, 0.25) is 5.02 Å². The van der Waals surface area contributed by atoms with E-state index in [1.165, 1.54) is 6.07 Å². The number of rotatable bonds is 5. The van der Waals surface area contributed by atoms with E-state index in [4.69, 9.17) is 16.0 Å². The lowest BCUT2D eigenvalue weighted by atomic mass is 10.0. The third-order valence-corrected chi connectivity index (χ3v) is 3.11. The van der Waals surface area contributed by atoms with Crippen molar-refractivity contribution in [1.82, 2.24) is 5.32 Å². The van der Waals surface area contributed by atoms with Crippen LogP contribution >= 0.6 is 11.6 Å². The van der Waals surface area contributed by atoms with E-state index in [0.717, 1.165) is 12.3 Å². The number of likely N-dealkylation sites (N-methyl/N-ethyl adjacent to an activating group) is 1. The standard InChI is InChI=1S/C14H15ClFNO/c1-2-17-13(9-10-5-4-8-18-10)14-11(15)6-3-7-12(14)16/h3-8,13,17H,2,9H2,1H3. The van der Waals surface area contributed by atoms with Gasteiger partial charge in [-0.2, -0.15) is 0 Å². The van der Waals surface area contributed by atoms with Gasteiger partial charge in [0.15, 0.2) is 0 Å². The molecule has 1 unspecified atom stereocenters. The van der Waals surface area contributed by atoms with Gasteiger partial charge in [0.05, 0.1) is 6.26 Å². The van der Waals surface area contributed by atoms with Crippen LogP contribution in [0.4, 0.5) is 4.39 Å². The second-order valence-electron chi connectivity index (χ2n) is 4.03. The minimum absolute atomic E-state index is 0.185. The minimum Gasteiger partial charge on any atom is -0.469 e. The predicted octanol–water partition coefficient (Wildman–Crippen LogP) is 3.97. The summed E-state index contributed by atoms with van der Waals surface area (Å²) >= 11 is 6.09. The highest BCUT2D eigenvalue weighted by atomic mass is 35.5. The van der Waals surface area contributed by atoms with Crippen LogP contribution < -0.4 is 5.32 Å². The number of hydrogen-bond donors (Lipinski definition) is 1. The Labute approximate surface area is 111 Å². The maximum Gasteiger partial charge on any atom is 0.129 e. The van der Waals surface area contributed by atoms with Gasteiger partial charge in [-0.1, -0.05) is 24.6 Å². The molecule has 2 rings (SSSR count). The molecule has 1 atom stereocenters. The van der Waals surface area contributed by atoms with Crippen LogP contribution in [0.25, 0.3) is 0 Å². The third kappa shape index (κ3) is 2.92. The number of furan rings is 1. The van der Waals surface area contributed by atoms with Crippen LogP contribution in [-0.2, 0) is 6.42 Å². The molecule has 2 aromatic rings. The molecule has 0 aliphatic rings. The third-order valence-electron chi connectivity index (χ3n) is 2.78. The fourth-order valence-corrected chi connectivity index (χ4v) is 2.29. The maximum atomic E-state index is 13.9. The Kier molecular flexibility index (Phi) is 4.39. The molecule has 96 valence electrons. The molecule has 0 fully saturated rings. The second kappa shape index (κ2) is 6.03. The Morgan fingerprint density at radius 2 is 2.17 bits per heavy atom. The normalized spacial score (nSPS) is 12.6. The van der Waals surface area contributed by atoms with Crippen molar-refractivity contribution in [3.63, 3.8) is 0 Å². The fraction of sp³-hybridized carbons (Fsp3) is 0.286. The highest BCUT2D eigenvalue weighted by Gasteiger charge is 2.19. The van der Waals surface area contributed by atoms with E-state index in [0.29, 0.717) is 17.0 Å². The Balaban J connectivity index is 2.29. The number of halogens is 2. The first kappa shape index (κ1) is 13.1. The van der Waals surface area contributed by atoms with Crippen molar-refractivity contribution in [2.75, 3.05) is 6.54 Å². The molecule has 0 radical (unpaired) electrons. The second-order valence-corrected chi connectivity index (χ2v) is 4.44. The van der Waals surface area contributed by atoms with Crippen molar-refractivity contribution in [3.05, 3.63) is 58.8 Å². The van der Waals surface area contributed by atoms with Crippen molar-refractivity contribution in [1.29, 1.82) is 0 Å². The summed E-state index contributed by atoms with van der Waals surface area (Å²) in [6.07, 6.45) is 2.18. The summed E-state index contributed by atoms with van der Waals surface area (Å²) in [5.41, 5.74) is 0.498. The predicted molar refractivity (Wildman–Crippen MR) is 70.2 cm³/mol. The number of benzene rings is 1. The van der Waals surface area contributed by atoms with Crippen molar-refractivity contribution in [2.45, 2.75) is 19.4 Å². The summed E-state index contributed by atoms with van der Waals surface area (Å²) < 4.78 is 19.2. The molecule has 1 aromatic carbocycles. The van der Waals surface area contributed by atoms with E-state index >= 15 is 0 Å². The lowest BCUT2D eigenvalue weighted by Crippen LogP contribution is -2.24. The molecule has 0 saturated carbocycles. The summed E-state index contributed by atoms with van der Waals surface area (Å²) in [5, 5.41) is 3.67. The quantitative estimate of drug-likeness (QED) is 0.887. The average molecular weight is 268 g/mol. The molecule has 0 amide bonds. The SMILES string of the molecule is CCNC(Cc1ccco1)c1c(F)cccc1Cl. The summed E-state index contributed by atoms with van der Waals surface area (Å²) in [5.74, 6) is 0.514. The van der Waals surface area contributed by atoms with E-state index in [2.05, 4.69) is 5.32 Å². The summed E-state index contributed by atoms with van der Waals surface area (Å²) in [6.45, 7) is 2.71. The molecule has 4 heteroatoms. The van der Waals surface area contributed by atoms with Gasteiger partial charge in [-0.3, -0.25) is 0 Å². The van der Waals surface area contributed by atoms with Gasteiger partial charge < -0.3 is 9.73 Å². The van der Waals surface area contributed by atoms with Crippen molar-refractivity contribution in [2.24, 2.45) is 0 Å². The van der Waals surface area contributed by atoms with E-state index in [1.54, 1.807) is 18.4 Å². The van der Waals surface area contributed by atoms with Crippen LogP contribution in [0.5, 0.6) is 0 Å². The molecule has 18 heavy (non-hydrogen) atoms. The van der Waals surface area contributed by atoms with Gasteiger partial charge in [-0.15, -0.1) is 0 Å². The summed E-state index contributed by atoms with van der Waals surface area (Å²) in [4.78, 5) is 0. The smallest absolute Gasteiger partial charge is 0.129 e. The Morgan fingerprint density at radius 1 is 1.33 bits per heavy atom. The zero-order valence-corrected chi connectivity index (χ0v) is 10.9. The van der Waals surface area contributed by atoms with Gasteiger partial charge in [0.25, 0.3) is 0 Å². The van der Waals surface area contributed by atoms with Crippen LogP contribution in [0, 0.1) is 5.82 Å². The van der Waals surface area contributed by atoms with Crippen molar-refractivity contribution < 1.29 is 8.81 Å². The molecule has 0 aliphatic carbocycles. The van der Waals surface area contributed by atoms with E-state index in [1.807, 2.05) is 19.1 Å². The Bertz CT molecular complexity index is 478. The largest absolute Gasteiger partial charge is 0.469 e. The van der Waals surface area contributed by atoms with Crippen LogP contribution in [0.1, 0.15) is 24.3 Å². The molecule has 0 aliphatic heterocycles. The molecular formula is C14H15ClFNO.